The Labute approximate surface area is 106 Å². The van der Waals surface area contributed by atoms with E-state index in [1.165, 1.54) is 0 Å². The quantitative estimate of drug-likeness (QED) is 0.833. The molecule has 0 spiro atoms. The predicted octanol–water partition coefficient (Wildman–Crippen LogP) is 1.34. The number of hydrogen-bond donors (Lipinski definition) is 2. The van der Waals surface area contributed by atoms with Crippen LogP contribution in [0.3, 0.4) is 0 Å². The van der Waals surface area contributed by atoms with Crippen LogP contribution in [0.15, 0.2) is 30.5 Å². The molecule has 0 aliphatic rings. The van der Waals surface area contributed by atoms with E-state index in [1.807, 2.05) is 31.2 Å². The van der Waals surface area contributed by atoms with Gasteiger partial charge in [-0.05, 0) is 18.1 Å². The number of aromatic nitrogens is 3. The molecule has 1 heterocycles. The Balaban J connectivity index is 1.91. The number of H-pyrrole nitrogens is 1. The summed E-state index contributed by atoms with van der Waals surface area (Å²) in [6.45, 7) is 2.60. The van der Waals surface area contributed by atoms with Gasteiger partial charge in [-0.1, -0.05) is 25.1 Å². The lowest BCUT2D eigenvalue weighted by Gasteiger charge is -2.07. The van der Waals surface area contributed by atoms with E-state index in [9.17, 15) is 4.79 Å². The second kappa shape index (κ2) is 5.95. The van der Waals surface area contributed by atoms with Crippen LogP contribution >= 0.6 is 0 Å². The van der Waals surface area contributed by atoms with Crippen LogP contribution in [0.25, 0.3) is 0 Å². The molecule has 0 fully saturated rings. The molecule has 0 saturated carbocycles. The fourth-order valence-electron chi connectivity index (χ4n) is 1.80. The van der Waals surface area contributed by atoms with Gasteiger partial charge in [0.05, 0.1) is 11.9 Å². The van der Waals surface area contributed by atoms with E-state index in [-0.39, 0.29) is 5.91 Å². The van der Waals surface area contributed by atoms with Crippen molar-refractivity contribution in [1.82, 2.24) is 20.7 Å². The molecule has 0 bridgehead atoms. The summed E-state index contributed by atoms with van der Waals surface area (Å²) < 4.78 is 0. The Hall–Kier alpha value is -2.17. The maximum absolute atomic E-state index is 12.0. The highest BCUT2D eigenvalue weighted by molar-refractivity contribution is 5.95. The zero-order valence-corrected chi connectivity index (χ0v) is 10.3. The van der Waals surface area contributed by atoms with Crippen molar-refractivity contribution in [1.29, 1.82) is 0 Å². The molecule has 1 aromatic heterocycles. The van der Waals surface area contributed by atoms with Gasteiger partial charge in [-0.3, -0.25) is 4.79 Å². The Bertz CT molecular complexity index is 507. The number of amides is 1. The normalized spacial score (nSPS) is 10.3. The second-order valence-corrected chi connectivity index (χ2v) is 3.98. The van der Waals surface area contributed by atoms with E-state index < -0.39 is 0 Å². The minimum atomic E-state index is -0.0315. The average Bonchev–Trinajstić information content (AvgIpc) is 2.91. The van der Waals surface area contributed by atoms with Crippen molar-refractivity contribution in [2.75, 3.05) is 6.54 Å². The largest absolute Gasteiger partial charge is 0.352 e. The van der Waals surface area contributed by atoms with Gasteiger partial charge >= 0.3 is 0 Å². The molecule has 2 aromatic rings. The van der Waals surface area contributed by atoms with E-state index in [1.54, 1.807) is 6.20 Å². The van der Waals surface area contributed by atoms with Crippen LogP contribution in [0, 0.1) is 0 Å². The molecular formula is C13H16N4O. The number of carbonyl (C=O) groups is 1. The van der Waals surface area contributed by atoms with Gasteiger partial charge < -0.3 is 5.32 Å². The Morgan fingerprint density at radius 2 is 2.22 bits per heavy atom. The van der Waals surface area contributed by atoms with E-state index in [0.717, 1.165) is 23.2 Å². The van der Waals surface area contributed by atoms with Crippen LogP contribution in [0.4, 0.5) is 0 Å². The number of rotatable bonds is 5. The number of aromatic amines is 1. The monoisotopic (exact) mass is 244 g/mol. The zero-order chi connectivity index (χ0) is 12.8. The first-order valence-corrected chi connectivity index (χ1v) is 6.02. The third-order valence-corrected chi connectivity index (χ3v) is 2.77. The number of carbonyl (C=O) groups excluding carboxylic acids is 1. The van der Waals surface area contributed by atoms with Crippen LogP contribution in [-0.4, -0.2) is 27.9 Å². The third kappa shape index (κ3) is 2.94. The Morgan fingerprint density at radius 1 is 1.39 bits per heavy atom. The van der Waals surface area contributed by atoms with E-state index in [0.29, 0.717) is 13.0 Å². The average molecular weight is 244 g/mol. The number of nitrogens with zero attached hydrogens (tertiary/aromatic N) is 2. The molecule has 2 N–H and O–H groups in total. The maximum Gasteiger partial charge on any atom is 0.251 e. The van der Waals surface area contributed by atoms with Crippen LogP contribution in [0.5, 0.6) is 0 Å². The molecule has 5 nitrogen and oxygen atoms in total. The summed E-state index contributed by atoms with van der Waals surface area (Å²) >= 11 is 0. The van der Waals surface area contributed by atoms with Crippen molar-refractivity contribution in [2.24, 2.45) is 0 Å². The predicted molar refractivity (Wildman–Crippen MR) is 68.2 cm³/mol. The van der Waals surface area contributed by atoms with Crippen molar-refractivity contribution < 1.29 is 4.79 Å². The van der Waals surface area contributed by atoms with Crippen molar-refractivity contribution in [3.63, 3.8) is 0 Å². The fourth-order valence-corrected chi connectivity index (χ4v) is 1.80. The number of nitrogens with one attached hydrogen (secondary N) is 2. The van der Waals surface area contributed by atoms with Gasteiger partial charge in [0.15, 0.2) is 0 Å². The lowest BCUT2D eigenvalue weighted by molar-refractivity contribution is 0.0953. The molecule has 18 heavy (non-hydrogen) atoms. The molecule has 0 atom stereocenters. The van der Waals surface area contributed by atoms with Crippen LogP contribution in [-0.2, 0) is 12.8 Å². The molecule has 0 radical (unpaired) electrons. The highest BCUT2D eigenvalue weighted by Crippen LogP contribution is 2.09. The molecule has 1 amide bonds. The molecular weight excluding hydrogens is 228 g/mol. The highest BCUT2D eigenvalue weighted by Gasteiger charge is 2.08. The molecule has 0 unspecified atom stereocenters. The summed E-state index contributed by atoms with van der Waals surface area (Å²) in [5.41, 5.74) is 2.66. The number of hydrogen-bond acceptors (Lipinski definition) is 3. The van der Waals surface area contributed by atoms with E-state index in [2.05, 4.69) is 20.7 Å². The Morgan fingerprint density at radius 3 is 2.94 bits per heavy atom. The van der Waals surface area contributed by atoms with Gasteiger partial charge in [-0.25, -0.2) is 0 Å². The molecule has 0 aliphatic heterocycles. The highest BCUT2D eigenvalue weighted by atomic mass is 16.1. The maximum atomic E-state index is 12.0. The van der Waals surface area contributed by atoms with Gasteiger partial charge in [0.1, 0.15) is 0 Å². The van der Waals surface area contributed by atoms with E-state index in [4.69, 9.17) is 0 Å². The molecule has 2 rings (SSSR count). The van der Waals surface area contributed by atoms with Crippen LogP contribution in [0.1, 0.15) is 28.5 Å². The lowest BCUT2D eigenvalue weighted by Crippen LogP contribution is -2.26. The van der Waals surface area contributed by atoms with Crippen molar-refractivity contribution in [3.05, 3.63) is 47.3 Å². The second-order valence-electron chi connectivity index (χ2n) is 3.98. The minimum absolute atomic E-state index is 0.0315. The van der Waals surface area contributed by atoms with Gasteiger partial charge in [0.2, 0.25) is 0 Å². The van der Waals surface area contributed by atoms with Crippen LogP contribution in [0.2, 0.25) is 0 Å². The fraction of sp³-hybridized carbons (Fsp3) is 0.308. The molecule has 94 valence electrons. The van der Waals surface area contributed by atoms with Gasteiger partial charge in [0.25, 0.3) is 5.91 Å². The topological polar surface area (TPSA) is 70.7 Å². The smallest absolute Gasteiger partial charge is 0.251 e. The standard InChI is InChI=1S/C13H16N4O/c1-2-10-5-3-4-6-12(10)13(18)14-8-7-11-9-15-17-16-11/h3-6,9H,2,7-8H2,1H3,(H,14,18)(H,15,16,17). The summed E-state index contributed by atoms with van der Waals surface area (Å²) in [7, 11) is 0. The van der Waals surface area contributed by atoms with Gasteiger partial charge in [-0.2, -0.15) is 15.4 Å². The van der Waals surface area contributed by atoms with Crippen molar-refractivity contribution in [2.45, 2.75) is 19.8 Å². The first-order valence-electron chi connectivity index (χ1n) is 6.02. The molecule has 5 heteroatoms. The minimum Gasteiger partial charge on any atom is -0.352 e. The van der Waals surface area contributed by atoms with Crippen molar-refractivity contribution >= 4 is 5.91 Å². The number of benzene rings is 1. The summed E-state index contributed by atoms with van der Waals surface area (Å²) in [6, 6.07) is 7.66. The summed E-state index contributed by atoms with van der Waals surface area (Å²) in [6.07, 6.45) is 3.19. The third-order valence-electron chi connectivity index (χ3n) is 2.77. The number of aryl methyl sites for hydroxylation is 1. The lowest BCUT2D eigenvalue weighted by atomic mass is 10.0. The zero-order valence-electron chi connectivity index (χ0n) is 10.3. The molecule has 0 saturated heterocycles. The molecule has 1 aromatic carbocycles. The van der Waals surface area contributed by atoms with Crippen LogP contribution < -0.4 is 5.32 Å². The first kappa shape index (κ1) is 12.3. The van der Waals surface area contributed by atoms with Gasteiger partial charge in [0, 0.05) is 18.5 Å². The Kier molecular flexibility index (Phi) is 4.06. The van der Waals surface area contributed by atoms with Gasteiger partial charge in [-0.15, -0.1) is 0 Å². The SMILES string of the molecule is CCc1ccccc1C(=O)NCCc1cn[nH]n1. The summed E-state index contributed by atoms with van der Waals surface area (Å²) in [4.78, 5) is 12.0. The van der Waals surface area contributed by atoms with E-state index >= 15 is 0 Å². The summed E-state index contributed by atoms with van der Waals surface area (Å²) in [5.74, 6) is -0.0315. The molecule has 0 aliphatic carbocycles. The van der Waals surface area contributed by atoms with Crippen molar-refractivity contribution in [3.8, 4) is 0 Å². The first-order chi connectivity index (χ1) is 8.81. The summed E-state index contributed by atoms with van der Waals surface area (Å²) in [5, 5.41) is 13.1.